The average molecular weight is 494 g/mol. The lowest BCUT2D eigenvalue weighted by atomic mass is 10.2. The van der Waals surface area contributed by atoms with Crippen LogP contribution in [0.3, 0.4) is 0 Å². The number of nitriles is 1. The molecule has 8 nitrogen and oxygen atoms in total. The van der Waals surface area contributed by atoms with Crippen molar-refractivity contribution in [3.63, 3.8) is 0 Å². The second-order valence-corrected chi connectivity index (χ2v) is 8.48. The fourth-order valence-electron chi connectivity index (χ4n) is 3.23. The van der Waals surface area contributed by atoms with Gasteiger partial charge in [0.05, 0.1) is 24.3 Å². The average Bonchev–Trinajstić information content (AvgIpc) is 3.17. The van der Waals surface area contributed by atoms with Crippen molar-refractivity contribution in [1.82, 2.24) is 9.88 Å². The highest BCUT2D eigenvalue weighted by Crippen LogP contribution is 2.15. The molecule has 0 fully saturated rings. The smallest absolute Gasteiger partial charge is 0.269 e. The fraction of sp³-hybridized carbons (Fsp3) is 0.269. The number of rotatable bonds is 11. The number of ether oxygens (including phenoxy) is 3. The molecule has 0 atom stereocenters. The van der Waals surface area contributed by atoms with Gasteiger partial charge in [-0.15, -0.1) is 11.3 Å². The Kier molecular flexibility index (Phi) is 9.80. The van der Waals surface area contributed by atoms with Crippen LogP contribution in [0.15, 0.2) is 59.4 Å². The molecule has 1 amide bonds. The molecule has 1 N–H and O–H groups in total. The number of benzene rings is 2. The minimum absolute atomic E-state index is 0.126. The third-order valence-electron chi connectivity index (χ3n) is 4.98. The topological polar surface area (TPSA) is 103 Å². The van der Waals surface area contributed by atoms with Crippen molar-refractivity contribution in [3.05, 3.63) is 85.3 Å². The number of carbonyl (C=O) groups is 1. The predicted molar refractivity (Wildman–Crippen MR) is 134 cm³/mol. The summed E-state index contributed by atoms with van der Waals surface area (Å²) in [5, 5.41) is 12.3. The molecule has 9 heteroatoms. The molecule has 0 saturated carbocycles. The second-order valence-electron chi connectivity index (χ2n) is 7.45. The highest BCUT2D eigenvalue weighted by Gasteiger charge is 2.15. The summed E-state index contributed by atoms with van der Waals surface area (Å²) in [7, 11) is 3.05. The van der Waals surface area contributed by atoms with E-state index in [1.54, 1.807) is 6.08 Å². The largest absolute Gasteiger partial charge is 0.489 e. The zero-order valence-electron chi connectivity index (χ0n) is 19.7. The third-order valence-corrected chi connectivity index (χ3v) is 6.11. The molecule has 3 aromatic rings. The molecule has 0 aliphatic rings. The molecule has 0 aliphatic carbocycles. The molecule has 0 bridgehead atoms. The van der Waals surface area contributed by atoms with Crippen LogP contribution in [-0.2, 0) is 27.4 Å². The molecule has 2 aromatic carbocycles. The van der Waals surface area contributed by atoms with Crippen LogP contribution in [0.5, 0.6) is 5.75 Å². The minimum Gasteiger partial charge on any atom is -0.489 e. The van der Waals surface area contributed by atoms with E-state index in [0.717, 1.165) is 22.5 Å². The molecule has 182 valence electrons. The molecule has 0 saturated heterocycles. The number of aromatic nitrogens is 1. The van der Waals surface area contributed by atoms with E-state index < -0.39 is 5.91 Å². The van der Waals surface area contributed by atoms with Crippen LogP contribution in [0, 0.1) is 11.3 Å². The zero-order valence-corrected chi connectivity index (χ0v) is 20.5. The van der Waals surface area contributed by atoms with Gasteiger partial charge in [-0.3, -0.25) is 14.2 Å². The van der Waals surface area contributed by atoms with Crippen LogP contribution < -0.4 is 24.8 Å². The number of thiazole rings is 1. The van der Waals surface area contributed by atoms with Gasteiger partial charge in [-0.25, -0.2) is 0 Å². The summed E-state index contributed by atoms with van der Waals surface area (Å²) in [4.78, 5) is 25.8. The number of amides is 1. The first-order chi connectivity index (χ1) is 17.1. The predicted octanol–water partition coefficient (Wildman–Crippen LogP) is 1.40. The maximum atomic E-state index is 13.2. The van der Waals surface area contributed by atoms with Gasteiger partial charge in [0.15, 0.2) is 5.57 Å². The van der Waals surface area contributed by atoms with E-state index in [1.807, 2.05) is 60.7 Å². The van der Waals surface area contributed by atoms with Crippen LogP contribution >= 0.6 is 11.3 Å². The molecule has 3 rings (SSSR count). The van der Waals surface area contributed by atoms with E-state index >= 15 is 0 Å². The van der Waals surface area contributed by atoms with Crippen molar-refractivity contribution in [2.75, 3.05) is 34.0 Å². The summed E-state index contributed by atoms with van der Waals surface area (Å²) in [5.41, 5.74) is 1.39. The van der Waals surface area contributed by atoms with Gasteiger partial charge in [0.25, 0.3) is 11.5 Å². The quantitative estimate of drug-likeness (QED) is 0.405. The molecular formula is C26H27N3O5S. The van der Waals surface area contributed by atoms with Crippen LogP contribution in [0.25, 0.3) is 11.6 Å². The number of hydrogen-bond donors (Lipinski definition) is 1. The third kappa shape index (κ3) is 7.13. The Balaban J connectivity index is 1.98. The lowest BCUT2D eigenvalue weighted by molar-refractivity contribution is -0.115. The van der Waals surface area contributed by atoms with Crippen LogP contribution in [0.1, 0.15) is 11.1 Å². The number of nitrogens with one attached hydrogen (secondary N) is 1. The standard InChI is InChI=1S/C26H27N3O5S/c1-32-13-11-28-24(30)22(17-27)26-29(12-14-33-2)25(31)23(35-26)16-20-9-6-10-21(15-20)34-18-19-7-4-3-5-8-19/h3-10,15-16H,11-14,18H2,1-2H3,(H,28,30)/b23-16-,26-22-. The van der Waals surface area contributed by atoms with Gasteiger partial charge in [0, 0.05) is 20.8 Å². The van der Waals surface area contributed by atoms with Crippen molar-refractivity contribution < 1.29 is 19.0 Å². The van der Waals surface area contributed by atoms with Crippen molar-refractivity contribution in [2.45, 2.75) is 13.2 Å². The molecule has 1 heterocycles. The maximum Gasteiger partial charge on any atom is 0.269 e. The van der Waals surface area contributed by atoms with Gasteiger partial charge in [0.2, 0.25) is 0 Å². The Labute approximate surface area is 207 Å². The second kappa shape index (κ2) is 13.2. The number of hydrogen-bond acceptors (Lipinski definition) is 7. The van der Waals surface area contributed by atoms with E-state index in [0.29, 0.717) is 23.5 Å². The first-order valence-electron chi connectivity index (χ1n) is 11.0. The Morgan fingerprint density at radius 1 is 1.11 bits per heavy atom. The lowest BCUT2D eigenvalue weighted by Gasteiger charge is -2.06. The molecular weight excluding hydrogens is 466 g/mol. The Hall–Kier alpha value is -3.71. The van der Waals surface area contributed by atoms with Crippen LogP contribution in [-0.4, -0.2) is 44.5 Å². The number of carbonyl (C=O) groups excluding carboxylic acids is 1. The maximum absolute atomic E-state index is 13.2. The van der Waals surface area contributed by atoms with Gasteiger partial charge in [-0.05, 0) is 29.3 Å². The van der Waals surface area contributed by atoms with Gasteiger partial charge < -0.3 is 19.5 Å². The van der Waals surface area contributed by atoms with E-state index in [-0.39, 0.29) is 35.5 Å². The highest BCUT2D eigenvalue weighted by molar-refractivity contribution is 7.07. The summed E-state index contributed by atoms with van der Waals surface area (Å²) < 4.78 is 18.0. The first kappa shape index (κ1) is 25.9. The number of methoxy groups -OCH3 is 2. The molecule has 35 heavy (non-hydrogen) atoms. The van der Waals surface area contributed by atoms with Crippen molar-refractivity contribution in [2.24, 2.45) is 0 Å². The lowest BCUT2D eigenvalue weighted by Crippen LogP contribution is -2.36. The fourth-order valence-corrected chi connectivity index (χ4v) is 4.35. The summed E-state index contributed by atoms with van der Waals surface area (Å²) in [6.45, 7) is 1.47. The summed E-state index contributed by atoms with van der Waals surface area (Å²) in [5.74, 6) is 0.112. The summed E-state index contributed by atoms with van der Waals surface area (Å²) >= 11 is 1.09. The molecule has 0 aliphatic heterocycles. The Morgan fingerprint density at radius 2 is 1.89 bits per heavy atom. The number of nitrogens with zero attached hydrogens (tertiary/aromatic N) is 2. The summed E-state index contributed by atoms with van der Waals surface area (Å²) in [6, 6.07) is 19.2. The summed E-state index contributed by atoms with van der Waals surface area (Å²) in [6.07, 6.45) is 1.73. The van der Waals surface area contributed by atoms with Crippen molar-refractivity contribution >= 4 is 28.9 Å². The first-order valence-corrected chi connectivity index (χ1v) is 11.8. The monoisotopic (exact) mass is 493 g/mol. The normalized spacial score (nSPS) is 12.2. The van der Waals surface area contributed by atoms with Crippen molar-refractivity contribution in [1.29, 1.82) is 5.26 Å². The Morgan fingerprint density at radius 3 is 2.60 bits per heavy atom. The SMILES string of the molecule is COCCNC(=O)/C(C#N)=c1\s/c(=C\c2cccc(OCc3ccccc3)c2)c(=O)n1CCOC. The zero-order chi connectivity index (χ0) is 25.0. The van der Waals surface area contributed by atoms with Gasteiger partial charge in [-0.2, -0.15) is 5.26 Å². The van der Waals surface area contributed by atoms with Gasteiger partial charge in [-0.1, -0.05) is 42.5 Å². The van der Waals surface area contributed by atoms with E-state index in [1.165, 1.54) is 18.8 Å². The molecule has 0 radical (unpaired) electrons. The van der Waals surface area contributed by atoms with E-state index in [4.69, 9.17) is 14.2 Å². The van der Waals surface area contributed by atoms with Gasteiger partial charge in [0.1, 0.15) is 23.1 Å². The molecule has 0 unspecified atom stereocenters. The van der Waals surface area contributed by atoms with Crippen LogP contribution in [0.2, 0.25) is 0 Å². The Bertz CT molecular complexity index is 1360. The van der Waals surface area contributed by atoms with Crippen LogP contribution in [0.4, 0.5) is 0 Å². The van der Waals surface area contributed by atoms with Gasteiger partial charge >= 0.3 is 0 Å². The van der Waals surface area contributed by atoms with E-state index in [9.17, 15) is 14.9 Å². The molecule has 0 spiro atoms. The van der Waals surface area contributed by atoms with Crippen molar-refractivity contribution in [3.8, 4) is 11.8 Å². The minimum atomic E-state index is -0.556. The van der Waals surface area contributed by atoms with E-state index in [2.05, 4.69) is 5.32 Å². The molecule has 1 aromatic heterocycles. The highest BCUT2D eigenvalue weighted by atomic mass is 32.1.